The minimum Gasteiger partial charge on any atom is -0.325 e. The number of hydrogen-bond acceptors (Lipinski definition) is 4. The molecule has 0 aliphatic carbocycles. The Morgan fingerprint density at radius 3 is 2.40 bits per heavy atom. The minimum atomic E-state index is -0.0784. The van der Waals surface area contributed by atoms with Crippen LogP contribution in [0.5, 0.6) is 0 Å². The molecule has 0 saturated carbocycles. The Kier molecular flexibility index (Phi) is 5.95. The molecule has 0 atom stereocenters. The maximum absolute atomic E-state index is 12.5. The van der Waals surface area contributed by atoms with Crippen LogP contribution in [-0.4, -0.2) is 26.4 Å². The molecule has 0 bridgehead atoms. The molecule has 150 valence electrons. The van der Waals surface area contributed by atoms with Crippen molar-refractivity contribution in [2.24, 2.45) is 0 Å². The molecule has 0 spiro atoms. The number of anilines is 1. The first-order valence-corrected chi connectivity index (χ1v) is 10.7. The van der Waals surface area contributed by atoms with Crippen molar-refractivity contribution in [3.05, 3.63) is 90.0 Å². The lowest BCUT2D eigenvalue weighted by Gasteiger charge is -2.11. The Bertz CT molecular complexity index is 1150. The number of nitrogens with one attached hydrogen (secondary N) is 1. The van der Waals surface area contributed by atoms with E-state index < -0.39 is 0 Å². The average Bonchev–Trinajstić information content (AvgIpc) is 3.17. The van der Waals surface area contributed by atoms with Gasteiger partial charge in [-0.1, -0.05) is 71.9 Å². The van der Waals surface area contributed by atoms with Gasteiger partial charge in [-0.2, -0.15) is 0 Å². The number of rotatable bonds is 6. The molecule has 0 radical (unpaired) electrons. The standard InChI is InChI=1S/C24H22N4OS/c1-17-11-13-21(14-12-17)28-23(19-8-4-3-5-9-19)26-27-24(28)30-16-22(29)25-20-10-6-7-18(2)15-20/h3-15H,16H2,1-2H3,(H,25,29). The van der Waals surface area contributed by atoms with Crippen molar-refractivity contribution in [3.8, 4) is 17.1 Å². The van der Waals surface area contributed by atoms with Gasteiger partial charge in [0.2, 0.25) is 5.91 Å². The number of thioether (sulfide) groups is 1. The molecule has 30 heavy (non-hydrogen) atoms. The van der Waals surface area contributed by atoms with E-state index in [4.69, 9.17) is 0 Å². The fourth-order valence-electron chi connectivity index (χ4n) is 3.11. The second kappa shape index (κ2) is 8.97. The fourth-order valence-corrected chi connectivity index (χ4v) is 3.87. The summed E-state index contributed by atoms with van der Waals surface area (Å²) in [4.78, 5) is 12.5. The molecule has 1 amide bonds. The average molecular weight is 415 g/mol. The summed E-state index contributed by atoms with van der Waals surface area (Å²) < 4.78 is 2.00. The van der Waals surface area contributed by atoms with Crippen molar-refractivity contribution in [1.29, 1.82) is 0 Å². The number of amides is 1. The monoisotopic (exact) mass is 414 g/mol. The topological polar surface area (TPSA) is 59.8 Å². The van der Waals surface area contributed by atoms with Crippen molar-refractivity contribution < 1.29 is 4.79 Å². The van der Waals surface area contributed by atoms with Gasteiger partial charge in [-0.25, -0.2) is 0 Å². The molecule has 5 nitrogen and oxygen atoms in total. The Balaban J connectivity index is 1.59. The number of carbonyl (C=O) groups is 1. The van der Waals surface area contributed by atoms with Crippen molar-refractivity contribution in [2.75, 3.05) is 11.1 Å². The van der Waals surface area contributed by atoms with E-state index in [0.717, 1.165) is 28.3 Å². The number of benzene rings is 3. The summed E-state index contributed by atoms with van der Waals surface area (Å²) in [7, 11) is 0. The zero-order valence-electron chi connectivity index (χ0n) is 16.9. The van der Waals surface area contributed by atoms with Crippen LogP contribution in [0.1, 0.15) is 11.1 Å². The molecule has 1 aromatic heterocycles. The second-order valence-electron chi connectivity index (χ2n) is 7.05. The van der Waals surface area contributed by atoms with E-state index in [2.05, 4.69) is 34.6 Å². The van der Waals surface area contributed by atoms with E-state index in [1.165, 1.54) is 17.3 Å². The van der Waals surface area contributed by atoms with Crippen molar-refractivity contribution in [3.63, 3.8) is 0 Å². The summed E-state index contributed by atoms with van der Waals surface area (Å²) in [6, 6.07) is 25.9. The lowest BCUT2D eigenvalue weighted by molar-refractivity contribution is -0.113. The van der Waals surface area contributed by atoms with Gasteiger partial charge >= 0.3 is 0 Å². The highest BCUT2D eigenvalue weighted by atomic mass is 32.2. The molecule has 6 heteroatoms. The normalized spacial score (nSPS) is 10.7. The molecule has 4 rings (SSSR count). The number of aryl methyl sites for hydroxylation is 2. The predicted octanol–water partition coefficient (Wildman–Crippen LogP) is 5.28. The van der Waals surface area contributed by atoms with Crippen molar-refractivity contribution in [1.82, 2.24) is 14.8 Å². The van der Waals surface area contributed by atoms with Crippen LogP contribution in [0, 0.1) is 13.8 Å². The summed E-state index contributed by atoms with van der Waals surface area (Å²) in [6.45, 7) is 4.05. The fraction of sp³-hybridized carbons (Fsp3) is 0.125. The van der Waals surface area contributed by atoms with E-state index in [-0.39, 0.29) is 11.7 Å². The van der Waals surface area contributed by atoms with E-state index in [1.807, 2.05) is 78.2 Å². The molecule has 3 aromatic carbocycles. The lowest BCUT2D eigenvalue weighted by atomic mass is 10.2. The Morgan fingerprint density at radius 1 is 0.900 bits per heavy atom. The number of hydrogen-bond donors (Lipinski definition) is 1. The SMILES string of the molecule is Cc1ccc(-n2c(SCC(=O)Nc3cccc(C)c3)nnc2-c2ccccc2)cc1. The van der Waals surface area contributed by atoms with Gasteiger partial charge in [0.15, 0.2) is 11.0 Å². The van der Waals surface area contributed by atoms with Gasteiger partial charge in [0.05, 0.1) is 5.75 Å². The van der Waals surface area contributed by atoms with Crippen LogP contribution in [0.4, 0.5) is 5.69 Å². The van der Waals surface area contributed by atoms with Gasteiger partial charge < -0.3 is 5.32 Å². The molecule has 1 heterocycles. The number of carbonyl (C=O) groups excluding carboxylic acids is 1. The van der Waals surface area contributed by atoms with E-state index in [0.29, 0.717) is 5.16 Å². The summed E-state index contributed by atoms with van der Waals surface area (Å²) in [5.74, 6) is 0.915. The van der Waals surface area contributed by atoms with Crippen molar-refractivity contribution in [2.45, 2.75) is 19.0 Å². The van der Waals surface area contributed by atoms with Gasteiger partial charge in [0.25, 0.3) is 0 Å². The number of nitrogens with zero attached hydrogens (tertiary/aromatic N) is 3. The second-order valence-corrected chi connectivity index (χ2v) is 7.99. The zero-order chi connectivity index (χ0) is 20.9. The maximum Gasteiger partial charge on any atom is 0.234 e. The van der Waals surface area contributed by atoms with Crippen LogP contribution in [-0.2, 0) is 4.79 Å². The Morgan fingerprint density at radius 2 is 1.67 bits per heavy atom. The highest BCUT2D eigenvalue weighted by Gasteiger charge is 2.17. The first-order chi connectivity index (χ1) is 14.6. The predicted molar refractivity (Wildman–Crippen MR) is 122 cm³/mol. The lowest BCUT2D eigenvalue weighted by Crippen LogP contribution is -2.14. The maximum atomic E-state index is 12.5. The molecule has 1 N–H and O–H groups in total. The summed E-state index contributed by atoms with van der Waals surface area (Å²) in [5, 5.41) is 12.4. The van der Waals surface area contributed by atoms with Crippen LogP contribution in [0.3, 0.4) is 0 Å². The molecule has 0 unspecified atom stereocenters. The zero-order valence-corrected chi connectivity index (χ0v) is 17.7. The largest absolute Gasteiger partial charge is 0.325 e. The summed E-state index contributed by atoms with van der Waals surface area (Å²) in [5.41, 5.74) is 5.02. The highest BCUT2D eigenvalue weighted by molar-refractivity contribution is 7.99. The van der Waals surface area contributed by atoms with Gasteiger partial charge in [-0.05, 0) is 43.7 Å². The van der Waals surface area contributed by atoms with Crippen LogP contribution >= 0.6 is 11.8 Å². The van der Waals surface area contributed by atoms with Crippen LogP contribution in [0.2, 0.25) is 0 Å². The van der Waals surface area contributed by atoms with E-state index >= 15 is 0 Å². The molecule has 4 aromatic rings. The molecule has 0 aliphatic rings. The van der Waals surface area contributed by atoms with Crippen LogP contribution < -0.4 is 5.32 Å². The highest BCUT2D eigenvalue weighted by Crippen LogP contribution is 2.28. The third kappa shape index (κ3) is 4.60. The molecule has 0 fully saturated rings. The summed E-state index contributed by atoms with van der Waals surface area (Å²) in [6.07, 6.45) is 0. The molecule has 0 saturated heterocycles. The van der Waals surface area contributed by atoms with Gasteiger partial charge in [0, 0.05) is 16.9 Å². The molecule has 0 aliphatic heterocycles. The van der Waals surface area contributed by atoms with E-state index in [9.17, 15) is 4.79 Å². The number of aromatic nitrogens is 3. The molecular weight excluding hydrogens is 392 g/mol. The van der Waals surface area contributed by atoms with Gasteiger partial charge in [0.1, 0.15) is 0 Å². The Labute approximate surface area is 180 Å². The molecular formula is C24H22N4OS. The Hall–Kier alpha value is -3.38. The van der Waals surface area contributed by atoms with Gasteiger partial charge in [-0.3, -0.25) is 9.36 Å². The van der Waals surface area contributed by atoms with Crippen molar-refractivity contribution >= 4 is 23.4 Å². The van der Waals surface area contributed by atoms with Crippen LogP contribution in [0.25, 0.3) is 17.1 Å². The smallest absolute Gasteiger partial charge is 0.234 e. The van der Waals surface area contributed by atoms with Gasteiger partial charge in [-0.15, -0.1) is 10.2 Å². The third-order valence-corrected chi connectivity index (χ3v) is 5.52. The van der Waals surface area contributed by atoms with Crippen LogP contribution in [0.15, 0.2) is 84.0 Å². The van der Waals surface area contributed by atoms with E-state index in [1.54, 1.807) is 0 Å². The third-order valence-electron chi connectivity index (χ3n) is 4.59. The first-order valence-electron chi connectivity index (χ1n) is 9.67. The first kappa shape index (κ1) is 19.9. The minimum absolute atomic E-state index is 0.0784. The summed E-state index contributed by atoms with van der Waals surface area (Å²) >= 11 is 1.37. The quantitative estimate of drug-likeness (QED) is 0.436.